The first-order valence-electron chi connectivity index (χ1n) is 7.21. The highest BCUT2D eigenvalue weighted by Crippen LogP contribution is 2.14. The molecule has 0 bridgehead atoms. The van der Waals surface area contributed by atoms with E-state index in [1.807, 2.05) is 6.07 Å². The predicted molar refractivity (Wildman–Crippen MR) is 76.3 cm³/mol. The van der Waals surface area contributed by atoms with Gasteiger partial charge in [0.05, 0.1) is 32.3 Å². The maximum atomic E-state index is 12.1. The summed E-state index contributed by atoms with van der Waals surface area (Å²) >= 11 is 0. The molecule has 1 aliphatic heterocycles. The van der Waals surface area contributed by atoms with Gasteiger partial charge < -0.3 is 27.0 Å². The van der Waals surface area contributed by atoms with Gasteiger partial charge in [0.15, 0.2) is 5.65 Å². The van der Waals surface area contributed by atoms with Crippen LogP contribution in [-0.4, -0.2) is 40.8 Å². The summed E-state index contributed by atoms with van der Waals surface area (Å²) in [5, 5.41) is 0. The fourth-order valence-corrected chi connectivity index (χ4v) is 3.19. The van der Waals surface area contributed by atoms with E-state index in [0.29, 0.717) is 17.6 Å². The number of likely N-dealkylation sites (tertiary alicyclic amines) is 1. The Hall–Kier alpha value is -1.53. The van der Waals surface area contributed by atoms with Crippen LogP contribution in [0.25, 0.3) is 11.2 Å². The number of hydrogen-bond donors (Lipinski definition) is 2. The van der Waals surface area contributed by atoms with Crippen LogP contribution in [-0.2, 0) is 6.54 Å². The van der Waals surface area contributed by atoms with Crippen molar-refractivity contribution in [1.82, 2.24) is 14.5 Å². The number of quaternary nitrogens is 1. The SMILES string of the molecule is CC[NH+]1CCCC1Cn1c(=O)[nH]c2ccc(OC)nc21.[Cl-]. The summed E-state index contributed by atoms with van der Waals surface area (Å²) < 4.78 is 6.91. The molecule has 0 aromatic carbocycles. The number of nitrogens with one attached hydrogen (secondary N) is 2. The molecule has 0 radical (unpaired) electrons. The Kier molecular flexibility index (Phi) is 4.90. The summed E-state index contributed by atoms with van der Waals surface area (Å²) in [4.78, 5) is 21.0. The zero-order valence-electron chi connectivity index (χ0n) is 12.4. The molecule has 2 unspecified atom stereocenters. The first kappa shape index (κ1) is 15.9. The van der Waals surface area contributed by atoms with E-state index in [9.17, 15) is 4.79 Å². The van der Waals surface area contributed by atoms with Gasteiger partial charge in [0.25, 0.3) is 0 Å². The number of fused-ring (bicyclic) bond motifs is 1. The van der Waals surface area contributed by atoms with Crippen LogP contribution in [0.5, 0.6) is 5.88 Å². The first-order chi connectivity index (χ1) is 9.72. The van der Waals surface area contributed by atoms with Gasteiger partial charge >= 0.3 is 5.69 Å². The lowest BCUT2D eigenvalue weighted by molar-refractivity contribution is -0.911. The van der Waals surface area contributed by atoms with Crippen molar-refractivity contribution >= 4 is 11.2 Å². The molecule has 0 spiro atoms. The molecule has 2 atom stereocenters. The molecule has 0 amide bonds. The van der Waals surface area contributed by atoms with Gasteiger partial charge in [-0.2, -0.15) is 4.98 Å². The van der Waals surface area contributed by atoms with Crippen LogP contribution < -0.4 is 27.7 Å². The van der Waals surface area contributed by atoms with E-state index >= 15 is 0 Å². The largest absolute Gasteiger partial charge is 1.00 e. The quantitative estimate of drug-likeness (QED) is 0.625. The highest BCUT2D eigenvalue weighted by atomic mass is 35.5. The molecule has 3 rings (SSSR count). The third-order valence-corrected chi connectivity index (χ3v) is 4.29. The number of aromatic amines is 1. The van der Waals surface area contributed by atoms with Crippen molar-refractivity contribution in [2.75, 3.05) is 20.2 Å². The van der Waals surface area contributed by atoms with Crippen molar-refractivity contribution in [2.45, 2.75) is 32.4 Å². The summed E-state index contributed by atoms with van der Waals surface area (Å²) in [5.41, 5.74) is 1.38. The summed E-state index contributed by atoms with van der Waals surface area (Å²) in [6, 6.07) is 4.12. The number of likely N-dealkylation sites (N-methyl/N-ethyl adjacent to an activating group) is 1. The molecule has 1 aliphatic rings. The minimum atomic E-state index is -0.0805. The molecule has 0 saturated carbocycles. The molecule has 3 heterocycles. The van der Waals surface area contributed by atoms with E-state index < -0.39 is 0 Å². The van der Waals surface area contributed by atoms with Crippen LogP contribution in [0.2, 0.25) is 0 Å². The standard InChI is InChI=1S/C14H20N4O2.ClH/c1-3-17-8-4-5-10(17)9-18-13-11(15-14(18)19)6-7-12(16-13)20-2;/h6-7,10H,3-5,8-9H2,1-2H3,(H,15,19);1H. The molecule has 1 saturated heterocycles. The number of ether oxygens (including phenoxy) is 1. The van der Waals surface area contributed by atoms with Gasteiger partial charge in [-0.1, -0.05) is 0 Å². The van der Waals surface area contributed by atoms with Gasteiger partial charge in [-0.15, -0.1) is 0 Å². The van der Waals surface area contributed by atoms with E-state index in [1.165, 1.54) is 19.4 Å². The fraction of sp³-hybridized carbons (Fsp3) is 0.571. The molecule has 0 aliphatic carbocycles. The molecule has 2 N–H and O–H groups in total. The van der Waals surface area contributed by atoms with Crippen molar-refractivity contribution in [1.29, 1.82) is 0 Å². The molecule has 2 aromatic heterocycles. The molecule has 21 heavy (non-hydrogen) atoms. The van der Waals surface area contributed by atoms with E-state index in [4.69, 9.17) is 4.74 Å². The van der Waals surface area contributed by atoms with Gasteiger partial charge in [-0.25, -0.2) is 4.79 Å². The average molecular weight is 313 g/mol. The van der Waals surface area contributed by atoms with Crippen molar-refractivity contribution in [3.8, 4) is 5.88 Å². The van der Waals surface area contributed by atoms with Crippen LogP contribution in [0.15, 0.2) is 16.9 Å². The molecule has 116 valence electrons. The highest BCUT2D eigenvalue weighted by Gasteiger charge is 2.28. The van der Waals surface area contributed by atoms with E-state index in [0.717, 1.165) is 18.6 Å². The van der Waals surface area contributed by atoms with Crippen molar-refractivity contribution < 1.29 is 22.0 Å². The van der Waals surface area contributed by atoms with Crippen LogP contribution in [0, 0.1) is 0 Å². The third-order valence-electron chi connectivity index (χ3n) is 4.29. The molecular weight excluding hydrogens is 292 g/mol. The first-order valence-corrected chi connectivity index (χ1v) is 7.21. The smallest absolute Gasteiger partial charge is 0.327 e. The maximum absolute atomic E-state index is 12.1. The topological polar surface area (TPSA) is 64.4 Å². The van der Waals surface area contributed by atoms with E-state index in [2.05, 4.69) is 16.9 Å². The molecular formula is C14H21ClN4O2. The Morgan fingerprint density at radius 1 is 1.52 bits per heavy atom. The second-order valence-corrected chi connectivity index (χ2v) is 5.37. The maximum Gasteiger partial charge on any atom is 0.327 e. The molecule has 1 fully saturated rings. The van der Waals surface area contributed by atoms with Crippen LogP contribution in [0.4, 0.5) is 0 Å². The zero-order chi connectivity index (χ0) is 14.1. The second kappa shape index (κ2) is 6.49. The number of H-pyrrole nitrogens is 1. The molecule has 2 aromatic rings. The third kappa shape index (κ3) is 2.91. The number of nitrogens with zero attached hydrogens (tertiary/aromatic N) is 2. The number of imidazole rings is 1. The molecule has 6 nitrogen and oxygen atoms in total. The van der Waals surface area contributed by atoms with Gasteiger partial charge in [-0.05, 0) is 13.0 Å². The van der Waals surface area contributed by atoms with Gasteiger partial charge in [-0.3, -0.25) is 4.57 Å². The number of hydrogen-bond acceptors (Lipinski definition) is 3. The van der Waals surface area contributed by atoms with Crippen molar-refractivity contribution in [3.05, 3.63) is 22.6 Å². The summed E-state index contributed by atoms with van der Waals surface area (Å²) in [6.07, 6.45) is 2.41. The van der Waals surface area contributed by atoms with Gasteiger partial charge in [0, 0.05) is 18.9 Å². The monoisotopic (exact) mass is 312 g/mol. The van der Waals surface area contributed by atoms with E-state index in [-0.39, 0.29) is 18.1 Å². The Balaban J connectivity index is 0.00000161. The number of aromatic nitrogens is 3. The van der Waals surface area contributed by atoms with Gasteiger partial charge in [0.1, 0.15) is 6.04 Å². The number of halogens is 1. The Labute approximate surface area is 129 Å². The zero-order valence-corrected chi connectivity index (χ0v) is 13.1. The van der Waals surface area contributed by atoms with Crippen LogP contribution in [0.1, 0.15) is 19.8 Å². The lowest BCUT2D eigenvalue weighted by Crippen LogP contribution is -3.13. The summed E-state index contributed by atoms with van der Waals surface area (Å²) in [7, 11) is 1.59. The lowest BCUT2D eigenvalue weighted by Gasteiger charge is -2.19. The summed E-state index contributed by atoms with van der Waals surface area (Å²) in [6.45, 7) is 5.24. The highest BCUT2D eigenvalue weighted by molar-refractivity contribution is 5.71. The second-order valence-electron chi connectivity index (χ2n) is 5.37. The van der Waals surface area contributed by atoms with Gasteiger partial charge in [0.2, 0.25) is 5.88 Å². The average Bonchev–Trinajstić information content (AvgIpc) is 3.03. The Morgan fingerprint density at radius 2 is 2.33 bits per heavy atom. The minimum Gasteiger partial charge on any atom is -1.00 e. The Morgan fingerprint density at radius 3 is 3.05 bits per heavy atom. The lowest BCUT2D eigenvalue weighted by atomic mass is 10.2. The van der Waals surface area contributed by atoms with Crippen molar-refractivity contribution in [2.24, 2.45) is 0 Å². The minimum absolute atomic E-state index is 0. The number of rotatable bonds is 4. The number of methoxy groups -OCH3 is 1. The Bertz CT molecular complexity index is 667. The molecule has 7 heteroatoms. The van der Waals surface area contributed by atoms with E-state index in [1.54, 1.807) is 22.6 Å². The van der Waals surface area contributed by atoms with Crippen LogP contribution in [0.3, 0.4) is 0 Å². The number of pyridine rings is 1. The normalized spacial score (nSPS) is 21.4. The summed E-state index contributed by atoms with van der Waals surface area (Å²) in [5.74, 6) is 0.538. The fourth-order valence-electron chi connectivity index (χ4n) is 3.19. The van der Waals surface area contributed by atoms with Crippen LogP contribution >= 0.6 is 0 Å². The van der Waals surface area contributed by atoms with Crippen molar-refractivity contribution in [3.63, 3.8) is 0 Å². The predicted octanol–water partition coefficient (Wildman–Crippen LogP) is -3.20.